The van der Waals surface area contributed by atoms with Gasteiger partial charge in [0.25, 0.3) is 0 Å². The van der Waals surface area contributed by atoms with Gasteiger partial charge in [0.1, 0.15) is 5.75 Å². The second kappa shape index (κ2) is 4.04. The lowest BCUT2D eigenvalue weighted by Gasteiger charge is -2.11. The molecule has 0 radical (unpaired) electrons. The van der Waals surface area contributed by atoms with E-state index < -0.39 is 0 Å². The normalized spacial score (nSPS) is 12.7. The van der Waals surface area contributed by atoms with Crippen LogP contribution in [0.3, 0.4) is 0 Å². The molecule has 0 saturated heterocycles. The molecule has 2 aromatic heterocycles. The SMILES string of the molecule is COc1ccsc1C(N)c1ccnn1C. The summed E-state index contributed by atoms with van der Waals surface area (Å²) >= 11 is 1.60. The number of nitrogens with zero attached hydrogens (tertiary/aromatic N) is 2. The Bertz CT molecular complexity index is 449. The van der Waals surface area contributed by atoms with E-state index >= 15 is 0 Å². The Kier molecular flexibility index (Phi) is 2.75. The van der Waals surface area contributed by atoms with Gasteiger partial charge in [-0.05, 0) is 17.5 Å². The number of aryl methyl sites for hydroxylation is 1. The van der Waals surface area contributed by atoms with Gasteiger partial charge in [-0.25, -0.2) is 0 Å². The van der Waals surface area contributed by atoms with Crippen LogP contribution < -0.4 is 10.5 Å². The molecule has 0 aromatic carbocycles. The minimum Gasteiger partial charge on any atom is -0.496 e. The topological polar surface area (TPSA) is 53.1 Å². The second-order valence-corrected chi connectivity index (χ2v) is 4.16. The molecule has 0 aliphatic heterocycles. The zero-order valence-electron chi connectivity index (χ0n) is 8.68. The highest BCUT2D eigenvalue weighted by molar-refractivity contribution is 7.10. The Hall–Kier alpha value is -1.33. The number of ether oxygens (including phenoxy) is 1. The maximum Gasteiger partial charge on any atom is 0.134 e. The highest BCUT2D eigenvalue weighted by Crippen LogP contribution is 2.32. The van der Waals surface area contributed by atoms with E-state index in [9.17, 15) is 0 Å². The minimum atomic E-state index is -0.174. The monoisotopic (exact) mass is 223 g/mol. The molecule has 80 valence electrons. The minimum absolute atomic E-state index is 0.174. The maximum atomic E-state index is 6.15. The molecule has 2 N–H and O–H groups in total. The maximum absolute atomic E-state index is 6.15. The van der Waals surface area contributed by atoms with E-state index in [1.165, 1.54) is 0 Å². The third kappa shape index (κ3) is 1.75. The van der Waals surface area contributed by atoms with E-state index in [4.69, 9.17) is 10.5 Å². The van der Waals surface area contributed by atoms with Crippen molar-refractivity contribution in [2.24, 2.45) is 12.8 Å². The van der Waals surface area contributed by atoms with E-state index in [-0.39, 0.29) is 6.04 Å². The third-order valence-electron chi connectivity index (χ3n) is 2.34. The Balaban J connectivity index is 2.36. The number of methoxy groups -OCH3 is 1. The van der Waals surface area contributed by atoms with Crippen LogP contribution >= 0.6 is 11.3 Å². The summed E-state index contributed by atoms with van der Waals surface area (Å²) in [4.78, 5) is 1.03. The van der Waals surface area contributed by atoms with Crippen molar-refractivity contribution in [2.45, 2.75) is 6.04 Å². The first-order valence-electron chi connectivity index (χ1n) is 4.59. The lowest BCUT2D eigenvalue weighted by atomic mass is 10.2. The van der Waals surface area contributed by atoms with Gasteiger partial charge in [-0.2, -0.15) is 5.10 Å². The van der Waals surface area contributed by atoms with Crippen molar-refractivity contribution in [2.75, 3.05) is 7.11 Å². The summed E-state index contributed by atoms with van der Waals surface area (Å²) in [5.41, 5.74) is 7.13. The first kappa shape index (κ1) is 10.2. The van der Waals surface area contributed by atoms with Gasteiger partial charge >= 0.3 is 0 Å². The van der Waals surface area contributed by atoms with Gasteiger partial charge in [0.15, 0.2) is 0 Å². The third-order valence-corrected chi connectivity index (χ3v) is 3.32. The smallest absolute Gasteiger partial charge is 0.134 e. The Morgan fingerprint density at radius 1 is 1.53 bits per heavy atom. The largest absolute Gasteiger partial charge is 0.496 e. The first-order valence-corrected chi connectivity index (χ1v) is 5.47. The predicted octanol–water partition coefficient (Wildman–Crippen LogP) is 1.54. The van der Waals surface area contributed by atoms with E-state index in [1.807, 2.05) is 24.6 Å². The summed E-state index contributed by atoms with van der Waals surface area (Å²) in [5.74, 6) is 0.841. The second-order valence-electron chi connectivity index (χ2n) is 3.21. The fourth-order valence-corrected chi connectivity index (χ4v) is 2.40. The summed E-state index contributed by atoms with van der Waals surface area (Å²) in [6.07, 6.45) is 1.75. The summed E-state index contributed by atoms with van der Waals surface area (Å²) < 4.78 is 7.03. The van der Waals surface area contributed by atoms with Gasteiger partial charge in [-0.15, -0.1) is 11.3 Å². The molecule has 2 rings (SSSR count). The average molecular weight is 223 g/mol. The van der Waals surface area contributed by atoms with Gasteiger partial charge < -0.3 is 10.5 Å². The number of hydrogen-bond donors (Lipinski definition) is 1. The van der Waals surface area contributed by atoms with E-state index in [0.717, 1.165) is 16.3 Å². The molecular formula is C10H13N3OS. The molecule has 0 aliphatic rings. The van der Waals surface area contributed by atoms with Crippen molar-refractivity contribution in [3.05, 3.63) is 34.3 Å². The molecule has 0 saturated carbocycles. The van der Waals surface area contributed by atoms with Crippen LogP contribution in [0.15, 0.2) is 23.7 Å². The van der Waals surface area contributed by atoms with Gasteiger partial charge in [0, 0.05) is 13.2 Å². The molecule has 1 unspecified atom stereocenters. The summed E-state index contributed by atoms with van der Waals surface area (Å²) in [5, 5.41) is 6.08. The predicted molar refractivity (Wildman–Crippen MR) is 60.1 cm³/mol. The van der Waals surface area contributed by atoms with Crippen LogP contribution in [0, 0.1) is 0 Å². The van der Waals surface area contributed by atoms with Crippen LogP contribution in [0.2, 0.25) is 0 Å². The van der Waals surface area contributed by atoms with E-state index in [0.29, 0.717) is 0 Å². The lowest BCUT2D eigenvalue weighted by Crippen LogP contribution is -2.15. The Labute approximate surface area is 92.3 Å². The Morgan fingerprint density at radius 2 is 2.33 bits per heavy atom. The zero-order valence-corrected chi connectivity index (χ0v) is 9.49. The van der Waals surface area contributed by atoms with Crippen molar-refractivity contribution in [3.63, 3.8) is 0 Å². The van der Waals surface area contributed by atoms with Crippen molar-refractivity contribution >= 4 is 11.3 Å². The lowest BCUT2D eigenvalue weighted by molar-refractivity contribution is 0.410. The fourth-order valence-electron chi connectivity index (χ4n) is 1.53. The van der Waals surface area contributed by atoms with Gasteiger partial charge in [0.2, 0.25) is 0 Å². The quantitative estimate of drug-likeness (QED) is 0.858. The summed E-state index contributed by atoms with van der Waals surface area (Å²) in [7, 11) is 3.54. The molecular weight excluding hydrogens is 210 g/mol. The molecule has 4 nitrogen and oxygen atoms in total. The number of thiophene rings is 1. The molecule has 15 heavy (non-hydrogen) atoms. The summed E-state index contributed by atoms with van der Waals surface area (Å²) in [6.45, 7) is 0. The van der Waals surface area contributed by atoms with Crippen LogP contribution in [0.4, 0.5) is 0 Å². The van der Waals surface area contributed by atoms with Gasteiger partial charge in [-0.1, -0.05) is 0 Å². The van der Waals surface area contributed by atoms with Gasteiger partial charge in [0.05, 0.1) is 23.7 Å². The summed E-state index contributed by atoms with van der Waals surface area (Å²) in [6, 6.07) is 3.67. The molecule has 0 spiro atoms. The number of hydrogen-bond acceptors (Lipinski definition) is 4. The first-order chi connectivity index (χ1) is 7.24. The molecule has 2 aromatic rings. The molecule has 0 amide bonds. The van der Waals surface area contributed by atoms with Crippen molar-refractivity contribution < 1.29 is 4.74 Å². The van der Waals surface area contributed by atoms with E-state index in [2.05, 4.69) is 5.10 Å². The molecule has 2 heterocycles. The average Bonchev–Trinajstić information content (AvgIpc) is 2.84. The van der Waals surface area contributed by atoms with Crippen LogP contribution in [0.1, 0.15) is 16.6 Å². The number of nitrogens with two attached hydrogens (primary N) is 1. The highest BCUT2D eigenvalue weighted by Gasteiger charge is 2.17. The van der Waals surface area contributed by atoms with Gasteiger partial charge in [-0.3, -0.25) is 4.68 Å². The van der Waals surface area contributed by atoms with Crippen LogP contribution in [0.25, 0.3) is 0 Å². The van der Waals surface area contributed by atoms with Crippen molar-refractivity contribution in [1.82, 2.24) is 9.78 Å². The molecule has 5 heteroatoms. The number of rotatable bonds is 3. The van der Waals surface area contributed by atoms with Crippen LogP contribution in [-0.2, 0) is 7.05 Å². The highest BCUT2D eigenvalue weighted by atomic mass is 32.1. The zero-order chi connectivity index (χ0) is 10.8. The van der Waals surface area contributed by atoms with E-state index in [1.54, 1.807) is 29.3 Å². The van der Waals surface area contributed by atoms with Crippen LogP contribution in [-0.4, -0.2) is 16.9 Å². The molecule has 0 aliphatic carbocycles. The van der Waals surface area contributed by atoms with Crippen molar-refractivity contribution in [1.29, 1.82) is 0 Å². The van der Waals surface area contributed by atoms with Crippen LogP contribution in [0.5, 0.6) is 5.75 Å². The molecule has 0 fully saturated rings. The fraction of sp³-hybridized carbons (Fsp3) is 0.300. The number of aromatic nitrogens is 2. The van der Waals surface area contributed by atoms with Crippen molar-refractivity contribution in [3.8, 4) is 5.75 Å². The molecule has 0 bridgehead atoms. The Morgan fingerprint density at radius 3 is 2.93 bits per heavy atom. The standard InChI is InChI=1S/C10H13N3OS/c1-13-7(3-5-12-13)9(11)10-8(14-2)4-6-15-10/h3-6,9H,11H2,1-2H3. The molecule has 1 atom stereocenters.